The monoisotopic (exact) mass is 391 g/mol. The fourth-order valence-electron chi connectivity index (χ4n) is 1.92. The summed E-state index contributed by atoms with van der Waals surface area (Å²) in [5, 5.41) is 0. The third kappa shape index (κ3) is 12.0. The van der Waals surface area contributed by atoms with Gasteiger partial charge in [-0.25, -0.2) is 4.90 Å². The molecule has 0 aliphatic heterocycles. The highest BCUT2D eigenvalue weighted by Crippen LogP contribution is 2.15. The molecule has 1 heteroatoms. The van der Waals surface area contributed by atoms with Crippen LogP contribution in [0.15, 0.2) is 36.4 Å². The molecule has 0 bridgehead atoms. The standard InChI is InChI=1S/C30H17N/c1-4-7-10-12-14-16-18-20-27-31(28-21-19-17-15-13-11-8-5-2)30-25-23-29(24-26-30)22-9-6-3/h1-2,4-5,23-26H,6,9,22H2,3H3/q+2. The van der Waals surface area contributed by atoms with E-state index in [-0.39, 0.29) is 0 Å². The maximum atomic E-state index is 5.13. The van der Waals surface area contributed by atoms with Gasteiger partial charge < -0.3 is 0 Å². The molecule has 0 atom stereocenters. The van der Waals surface area contributed by atoms with Gasteiger partial charge in [0.15, 0.2) is 11.8 Å². The number of allylic oxidation sites excluding steroid dienone is 2. The van der Waals surface area contributed by atoms with Gasteiger partial charge in [0.25, 0.3) is 0 Å². The van der Waals surface area contributed by atoms with Gasteiger partial charge in [0.1, 0.15) is 11.8 Å². The van der Waals surface area contributed by atoms with Crippen LogP contribution in [-0.2, 0) is 6.42 Å². The number of unbranched alkanes of at least 4 members (excludes halogenated alkanes) is 1. The molecule has 0 amide bonds. The summed E-state index contributed by atoms with van der Waals surface area (Å²) in [5.41, 5.74) is 2.08. The Kier molecular flexibility index (Phi) is 13.0. The van der Waals surface area contributed by atoms with E-state index in [1.54, 1.807) is 4.90 Å². The summed E-state index contributed by atoms with van der Waals surface area (Å²) in [6.45, 7) is 12.4. The maximum Gasteiger partial charge on any atom is 0.222 e. The fraction of sp³-hybridized carbons (Fsp3) is 0.133. The quantitative estimate of drug-likeness (QED) is 0.429. The smallest absolute Gasteiger partial charge is 0.222 e. The lowest BCUT2D eigenvalue weighted by Gasteiger charge is -2.09. The minimum absolute atomic E-state index is 0.815. The van der Waals surface area contributed by atoms with Crippen molar-refractivity contribution in [3.8, 4) is 95.0 Å². The van der Waals surface area contributed by atoms with E-state index in [9.17, 15) is 0 Å². The van der Waals surface area contributed by atoms with E-state index in [1.165, 1.54) is 17.7 Å². The molecule has 0 radical (unpaired) electrons. The molecule has 0 aromatic heterocycles. The van der Waals surface area contributed by atoms with E-state index in [0.717, 1.165) is 24.9 Å². The molecular weight excluding hydrogens is 374 g/mol. The Morgan fingerprint density at radius 3 is 1.58 bits per heavy atom. The molecule has 140 valence electrons. The average Bonchev–Trinajstić information content (AvgIpc) is 2.80. The maximum absolute atomic E-state index is 5.13. The van der Waals surface area contributed by atoms with Gasteiger partial charge in [0.2, 0.25) is 12.2 Å². The van der Waals surface area contributed by atoms with Crippen molar-refractivity contribution in [1.82, 2.24) is 0 Å². The molecule has 0 fully saturated rings. The Morgan fingerprint density at radius 2 is 1.13 bits per heavy atom. The van der Waals surface area contributed by atoms with Crippen molar-refractivity contribution in [3.05, 3.63) is 55.1 Å². The van der Waals surface area contributed by atoms with Crippen LogP contribution in [0, 0.1) is 108 Å². The van der Waals surface area contributed by atoms with Gasteiger partial charge in [0, 0.05) is 71.3 Å². The molecule has 0 saturated heterocycles. The first-order valence-corrected chi connectivity index (χ1v) is 9.30. The third-order valence-electron chi connectivity index (χ3n) is 3.28. The second-order valence-electron chi connectivity index (χ2n) is 5.45. The zero-order valence-corrected chi connectivity index (χ0v) is 17.2. The van der Waals surface area contributed by atoms with Crippen molar-refractivity contribution in [1.29, 1.82) is 0 Å². The summed E-state index contributed by atoms with van der Waals surface area (Å²) >= 11 is 0. The van der Waals surface area contributed by atoms with Crippen LogP contribution in [-0.4, -0.2) is 0 Å². The van der Waals surface area contributed by atoms with Crippen LogP contribution in [0.3, 0.4) is 0 Å². The Hall–Kier alpha value is -5.20. The summed E-state index contributed by atoms with van der Waals surface area (Å²) < 4.78 is 0. The predicted molar refractivity (Wildman–Crippen MR) is 127 cm³/mol. The van der Waals surface area contributed by atoms with Crippen LogP contribution in [0.25, 0.3) is 0 Å². The molecule has 31 heavy (non-hydrogen) atoms. The van der Waals surface area contributed by atoms with Crippen LogP contribution < -0.4 is 4.90 Å². The number of nitrogens with zero attached hydrogens (tertiary/aromatic N) is 1. The third-order valence-corrected chi connectivity index (χ3v) is 3.28. The number of hydrogen-bond donors (Lipinski definition) is 0. The summed E-state index contributed by atoms with van der Waals surface area (Å²) in [6, 6.07) is 13.8. The first-order chi connectivity index (χ1) is 15.3. The normalized spacial score (nSPS) is 6.68. The molecular formula is C30H17N+2. The first kappa shape index (κ1) is 23.8. The van der Waals surface area contributed by atoms with Crippen molar-refractivity contribution < 1.29 is 0 Å². The van der Waals surface area contributed by atoms with E-state index >= 15 is 0 Å². The SMILES string of the molecule is [CH+]=CC#CC#CC#CC#CN(C#CC#CC#CC#CC=[CH+])c1ccc(CCCC)cc1. The summed E-state index contributed by atoms with van der Waals surface area (Å²) in [4.78, 5) is 1.56. The lowest BCUT2D eigenvalue weighted by molar-refractivity contribution is 0.795. The molecule has 1 nitrogen and oxygen atoms in total. The van der Waals surface area contributed by atoms with Crippen LogP contribution in [0.4, 0.5) is 5.69 Å². The first-order valence-electron chi connectivity index (χ1n) is 9.30. The van der Waals surface area contributed by atoms with Gasteiger partial charge in [-0.15, -0.1) is 0 Å². The average molecular weight is 391 g/mol. The summed E-state index contributed by atoms with van der Waals surface area (Å²) in [6.07, 6.45) is 5.77. The molecule has 0 spiro atoms. The molecule has 0 aliphatic carbocycles. The van der Waals surface area contributed by atoms with Crippen molar-refractivity contribution in [3.63, 3.8) is 0 Å². The fourth-order valence-corrected chi connectivity index (χ4v) is 1.92. The highest BCUT2D eigenvalue weighted by atomic mass is 15.1. The predicted octanol–water partition coefficient (Wildman–Crippen LogP) is 3.76. The minimum atomic E-state index is 0.815. The Bertz CT molecular complexity index is 1200. The summed E-state index contributed by atoms with van der Waals surface area (Å²) in [7, 11) is 0. The molecule has 0 N–H and O–H groups in total. The zero-order chi connectivity index (χ0) is 22.4. The molecule has 1 aromatic carbocycles. The number of hydrogen-bond acceptors (Lipinski definition) is 1. The van der Waals surface area contributed by atoms with E-state index in [2.05, 4.69) is 114 Å². The number of benzene rings is 1. The van der Waals surface area contributed by atoms with Gasteiger partial charge >= 0.3 is 0 Å². The Morgan fingerprint density at radius 1 is 0.677 bits per heavy atom. The minimum Gasteiger partial charge on any atom is -0.226 e. The number of aryl methyl sites for hydroxylation is 1. The van der Waals surface area contributed by atoms with Crippen LogP contribution in [0.1, 0.15) is 25.3 Å². The summed E-state index contributed by atoms with van der Waals surface area (Å²) in [5.74, 6) is 36.2. The van der Waals surface area contributed by atoms with Gasteiger partial charge in [0.05, 0.1) is 18.8 Å². The van der Waals surface area contributed by atoms with E-state index in [4.69, 9.17) is 13.2 Å². The molecule has 1 rings (SSSR count). The molecule has 0 saturated carbocycles. The van der Waals surface area contributed by atoms with Crippen molar-refractivity contribution in [2.45, 2.75) is 26.2 Å². The lowest BCUT2D eigenvalue weighted by atomic mass is 10.1. The number of anilines is 1. The zero-order valence-electron chi connectivity index (χ0n) is 17.2. The van der Waals surface area contributed by atoms with E-state index in [1.807, 2.05) is 12.1 Å². The van der Waals surface area contributed by atoms with Gasteiger partial charge in [-0.1, -0.05) is 25.5 Å². The Balaban J connectivity index is 3.05. The largest absolute Gasteiger partial charge is 0.226 e. The highest BCUT2D eigenvalue weighted by Gasteiger charge is 2.00. The Labute approximate surface area is 187 Å². The van der Waals surface area contributed by atoms with Crippen molar-refractivity contribution >= 4 is 5.69 Å². The van der Waals surface area contributed by atoms with E-state index in [0.29, 0.717) is 0 Å². The molecule has 1 aromatic rings. The van der Waals surface area contributed by atoms with E-state index < -0.39 is 0 Å². The molecule has 0 heterocycles. The van der Waals surface area contributed by atoms with Crippen LogP contribution in [0.5, 0.6) is 0 Å². The highest BCUT2D eigenvalue weighted by molar-refractivity contribution is 5.60. The topological polar surface area (TPSA) is 3.24 Å². The van der Waals surface area contributed by atoms with Crippen LogP contribution >= 0.6 is 0 Å². The van der Waals surface area contributed by atoms with Crippen molar-refractivity contribution in [2.75, 3.05) is 4.90 Å². The number of rotatable bonds is 4. The van der Waals surface area contributed by atoms with Gasteiger partial charge in [-0.2, -0.15) is 0 Å². The van der Waals surface area contributed by atoms with Crippen LogP contribution in [0.2, 0.25) is 0 Å². The van der Waals surface area contributed by atoms with Gasteiger partial charge in [-0.05, 0) is 30.5 Å². The van der Waals surface area contributed by atoms with Gasteiger partial charge in [-0.3, -0.25) is 0 Å². The molecule has 0 unspecified atom stereocenters. The molecule has 0 aliphatic rings. The van der Waals surface area contributed by atoms with Crippen molar-refractivity contribution in [2.24, 2.45) is 0 Å². The lowest BCUT2D eigenvalue weighted by Crippen LogP contribution is -2.08. The second-order valence-corrected chi connectivity index (χ2v) is 5.45. The second kappa shape index (κ2) is 16.9.